The number of hydrogen-bond donors (Lipinski definition) is 1. The predicted octanol–water partition coefficient (Wildman–Crippen LogP) is 2.60. The zero-order valence-electron chi connectivity index (χ0n) is 11.8. The summed E-state index contributed by atoms with van der Waals surface area (Å²) < 4.78 is 28.0. The van der Waals surface area contributed by atoms with E-state index in [1.165, 1.54) is 0 Å². The minimum atomic E-state index is -3.45. The number of hydrogen-bond acceptors (Lipinski definition) is 3. The molecule has 1 aromatic carbocycles. The molecule has 0 amide bonds. The van der Waals surface area contributed by atoms with Crippen LogP contribution < -0.4 is 5.32 Å². The van der Waals surface area contributed by atoms with Crippen molar-refractivity contribution in [2.75, 3.05) is 13.1 Å². The van der Waals surface area contributed by atoms with Crippen molar-refractivity contribution in [2.24, 2.45) is 0 Å². The van der Waals surface area contributed by atoms with Crippen molar-refractivity contribution in [3.63, 3.8) is 0 Å². The third-order valence-electron chi connectivity index (χ3n) is 3.54. The van der Waals surface area contributed by atoms with Crippen LogP contribution in [0, 0.1) is 0 Å². The highest BCUT2D eigenvalue weighted by molar-refractivity contribution is 9.10. The van der Waals surface area contributed by atoms with Gasteiger partial charge in [0.1, 0.15) is 0 Å². The van der Waals surface area contributed by atoms with Crippen LogP contribution in [0.1, 0.15) is 26.7 Å². The first-order valence-corrected chi connectivity index (χ1v) is 9.15. The Morgan fingerprint density at radius 3 is 2.75 bits per heavy atom. The number of nitrogens with zero attached hydrogens (tertiary/aromatic N) is 1. The van der Waals surface area contributed by atoms with Crippen molar-refractivity contribution < 1.29 is 8.42 Å². The molecule has 4 nitrogen and oxygen atoms in total. The van der Waals surface area contributed by atoms with E-state index in [0.29, 0.717) is 11.4 Å². The van der Waals surface area contributed by atoms with Gasteiger partial charge in [-0.25, -0.2) is 8.42 Å². The van der Waals surface area contributed by atoms with Crippen LogP contribution in [0.2, 0.25) is 0 Å². The van der Waals surface area contributed by atoms with Crippen molar-refractivity contribution in [3.8, 4) is 0 Å². The average molecular weight is 361 g/mol. The third kappa shape index (κ3) is 3.61. The fraction of sp³-hybridized carbons (Fsp3) is 0.571. The number of benzene rings is 1. The van der Waals surface area contributed by atoms with E-state index in [1.54, 1.807) is 22.5 Å². The molecular weight excluding hydrogens is 340 g/mol. The van der Waals surface area contributed by atoms with E-state index >= 15 is 0 Å². The second kappa shape index (κ2) is 6.56. The standard InChI is InChI=1S/C14H21BrN2O2S/c1-11(2)17(10-13-6-4-8-16-13)20(18,19)14-7-3-5-12(15)9-14/h3,5,7,9,11,13,16H,4,6,8,10H2,1-2H3. The van der Waals surface area contributed by atoms with Gasteiger partial charge in [0.15, 0.2) is 0 Å². The second-order valence-corrected chi connectivity index (χ2v) is 8.23. The quantitative estimate of drug-likeness (QED) is 0.877. The van der Waals surface area contributed by atoms with E-state index in [-0.39, 0.29) is 12.1 Å². The van der Waals surface area contributed by atoms with Crippen LogP contribution in [0.4, 0.5) is 0 Å². The fourth-order valence-electron chi connectivity index (χ4n) is 2.48. The molecule has 1 aromatic rings. The SMILES string of the molecule is CC(C)N(CC1CCCN1)S(=O)(=O)c1cccc(Br)c1. The van der Waals surface area contributed by atoms with Gasteiger partial charge in [-0.05, 0) is 51.4 Å². The van der Waals surface area contributed by atoms with Gasteiger partial charge in [-0.1, -0.05) is 22.0 Å². The lowest BCUT2D eigenvalue weighted by atomic mass is 10.2. The Hall–Kier alpha value is -0.430. The monoisotopic (exact) mass is 360 g/mol. The normalized spacial score (nSPS) is 19.9. The Kier molecular flexibility index (Phi) is 5.23. The van der Waals surface area contributed by atoms with Gasteiger partial charge in [0, 0.05) is 23.1 Å². The number of sulfonamides is 1. The molecule has 2 rings (SSSR count). The van der Waals surface area contributed by atoms with E-state index in [1.807, 2.05) is 19.9 Å². The number of nitrogens with one attached hydrogen (secondary N) is 1. The van der Waals surface area contributed by atoms with Crippen LogP contribution >= 0.6 is 15.9 Å². The van der Waals surface area contributed by atoms with Crippen molar-refractivity contribution >= 4 is 26.0 Å². The second-order valence-electron chi connectivity index (χ2n) is 5.42. The first kappa shape index (κ1) is 15.9. The minimum Gasteiger partial charge on any atom is -0.313 e. The number of rotatable bonds is 5. The van der Waals surface area contributed by atoms with Crippen molar-refractivity contribution in [1.29, 1.82) is 0 Å². The molecule has 0 aromatic heterocycles. The molecule has 1 aliphatic heterocycles. The van der Waals surface area contributed by atoms with Crippen molar-refractivity contribution in [2.45, 2.75) is 43.7 Å². The molecule has 6 heteroatoms. The molecule has 1 heterocycles. The lowest BCUT2D eigenvalue weighted by Gasteiger charge is -2.28. The minimum absolute atomic E-state index is 0.0543. The summed E-state index contributed by atoms with van der Waals surface area (Å²) in [7, 11) is -3.45. The summed E-state index contributed by atoms with van der Waals surface area (Å²) in [5, 5.41) is 3.36. The average Bonchev–Trinajstić information content (AvgIpc) is 2.88. The van der Waals surface area contributed by atoms with Gasteiger partial charge in [0.05, 0.1) is 4.90 Å². The smallest absolute Gasteiger partial charge is 0.243 e. The molecule has 1 N–H and O–H groups in total. The summed E-state index contributed by atoms with van der Waals surface area (Å²) >= 11 is 3.33. The molecule has 0 bridgehead atoms. The van der Waals surface area contributed by atoms with Gasteiger partial charge >= 0.3 is 0 Å². The highest BCUT2D eigenvalue weighted by Gasteiger charge is 2.30. The lowest BCUT2D eigenvalue weighted by Crippen LogP contribution is -2.44. The van der Waals surface area contributed by atoms with Crippen LogP contribution in [0.15, 0.2) is 33.6 Å². The third-order valence-corrected chi connectivity index (χ3v) is 6.07. The maximum atomic E-state index is 12.8. The Labute approximate surface area is 129 Å². The summed E-state index contributed by atoms with van der Waals surface area (Å²) in [5.41, 5.74) is 0. The van der Waals surface area contributed by atoms with E-state index in [4.69, 9.17) is 0 Å². The fourth-order valence-corrected chi connectivity index (χ4v) is 4.76. The number of halogens is 1. The summed E-state index contributed by atoms with van der Waals surface area (Å²) in [6, 6.07) is 7.10. The van der Waals surface area contributed by atoms with Crippen LogP contribution in [-0.4, -0.2) is 37.9 Å². The first-order chi connectivity index (χ1) is 9.41. The largest absolute Gasteiger partial charge is 0.313 e. The van der Waals surface area contributed by atoms with Gasteiger partial charge < -0.3 is 5.32 Å². The van der Waals surface area contributed by atoms with Crippen molar-refractivity contribution in [1.82, 2.24) is 9.62 Å². The van der Waals surface area contributed by atoms with E-state index in [2.05, 4.69) is 21.2 Å². The highest BCUT2D eigenvalue weighted by atomic mass is 79.9. The molecule has 20 heavy (non-hydrogen) atoms. The summed E-state index contributed by atoms with van der Waals surface area (Å²) in [4.78, 5) is 0.346. The Balaban J connectivity index is 2.27. The van der Waals surface area contributed by atoms with Crippen LogP contribution in [0.3, 0.4) is 0 Å². The van der Waals surface area contributed by atoms with E-state index in [9.17, 15) is 8.42 Å². The zero-order valence-corrected chi connectivity index (χ0v) is 14.2. The Bertz CT molecular complexity index is 554. The molecule has 1 aliphatic rings. The highest BCUT2D eigenvalue weighted by Crippen LogP contribution is 2.23. The molecule has 0 aliphatic carbocycles. The molecule has 0 saturated carbocycles. The molecule has 1 unspecified atom stereocenters. The predicted molar refractivity (Wildman–Crippen MR) is 84.2 cm³/mol. The van der Waals surface area contributed by atoms with E-state index < -0.39 is 10.0 Å². The topological polar surface area (TPSA) is 49.4 Å². The summed E-state index contributed by atoms with van der Waals surface area (Å²) in [6.45, 7) is 5.36. The van der Waals surface area contributed by atoms with Gasteiger partial charge in [0.25, 0.3) is 0 Å². The van der Waals surface area contributed by atoms with Crippen molar-refractivity contribution in [3.05, 3.63) is 28.7 Å². The molecule has 1 fully saturated rings. The maximum Gasteiger partial charge on any atom is 0.243 e. The summed E-state index contributed by atoms with van der Waals surface area (Å²) in [6.07, 6.45) is 2.16. The van der Waals surface area contributed by atoms with Gasteiger partial charge in [0.2, 0.25) is 10.0 Å². The molecule has 1 atom stereocenters. The van der Waals surface area contributed by atoms with E-state index in [0.717, 1.165) is 23.9 Å². The van der Waals surface area contributed by atoms with Gasteiger partial charge in [-0.2, -0.15) is 4.31 Å². The molecule has 1 saturated heterocycles. The van der Waals surface area contributed by atoms with Crippen LogP contribution in [0.25, 0.3) is 0 Å². The van der Waals surface area contributed by atoms with Gasteiger partial charge in [-0.15, -0.1) is 0 Å². The van der Waals surface area contributed by atoms with Crippen LogP contribution in [0.5, 0.6) is 0 Å². The molecule has 0 spiro atoms. The molecular formula is C14H21BrN2O2S. The summed E-state index contributed by atoms with van der Waals surface area (Å²) in [5.74, 6) is 0. The molecule has 0 radical (unpaired) electrons. The zero-order chi connectivity index (χ0) is 14.8. The van der Waals surface area contributed by atoms with Gasteiger partial charge in [-0.3, -0.25) is 0 Å². The Morgan fingerprint density at radius 1 is 1.45 bits per heavy atom. The maximum absolute atomic E-state index is 12.8. The Morgan fingerprint density at radius 2 is 2.20 bits per heavy atom. The molecule has 112 valence electrons. The van der Waals surface area contributed by atoms with Crippen LogP contribution in [-0.2, 0) is 10.0 Å². The first-order valence-electron chi connectivity index (χ1n) is 6.92. The lowest BCUT2D eigenvalue weighted by molar-refractivity contribution is 0.322.